The summed E-state index contributed by atoms with van der Waals surface area (Å²) in [5.74, 6) is 2.41. The van der Waals surface area contributed by atoms with Gasteiger partial charge in [0.1, 0.15) is 6.04 Å². The summed E-state index contributed by atoms with van der Waals surface area (Å²) in [6.07, 6.45) is -3.35. The molecule has 5 N–H and O–H groups in total. The average Bonchev–Trinajstić information content (AvgIpc) is 3.48. The Balaban J connectivity index is 1.03. The van der Waals surface area contributed by atoms with Crippen molar-refractivity contribution in [2.45, 2.75) is 68.3 Å². The predicted molar refractivity (Wildman–Crippen MR) is 199 cm³/mol. The first kappa shape index (κ1) is 41.9. The number of rotatable bonds is 13. The number of carbonyl (C=O) groups is 5. The molecule has 298 valence electrons. The second-order valence-electron chi connectivity index (χ2n) is 13.5. The average molecular weight is 807 g/mol. The molecule has 0 saturated carbocycles. The van der Waals surface area contributed by atoms with Crippen molar-refractivity contribution in [3.8, 4) is 17.9 Å². The van der Waals surface area contributed by atoms with Gasteiger partial charge in [-0.3, -0.25) is 29.3 Å². The van der Waals surface area contributed by atoms with E-state index in [4.69, 9.17) is 5.26 Å². The van der Waals surface area contributed by atoms with Crippen molar-refractivity contribution in [2.24, 2.45) is 0 Å². The molecule has 0 spiro atoms. The van der Waals surface area contributed by atoms with Gasteiger partial charge >= 0.3 is 6.18 Å². The Labute approximate surface area is 325 Å². The van der Waals surface area contributed by atoms with E-state index >= 15 is 0 Å². The highest BCUT2D eigenvalue weighted by molar-refractivity contribution is 7.91. The van der Waals surface area contributed by atoms with E-state index in [0.29, 0.717) is 42.3 Å². The van der Waals surface area contributed by atoms with Crippen LogP contribution in [0.2, 0.25) is 0 Å². The minimum absolute atomic E-state index is 0.0985. The third-order valence-electron chi connectivity index (χ3n) is 9.16. The molecule has 0 aliphatic carbocycles. The number of amides is 5. The molecule has 2 aliphatic heterocycles. The number of hydrogen-bond acceptors (Lipinski definition) is 10. The van der Waals surface area contributed by atoms with Crippen molar-refractivity contribution in [3.63, 3.8) is 0 Å². The largest absolute Gasteiger partial charge is 0.417 e. The zero-order valence-electron chi connectivity index (χ0n) is 30.5. The van der Waals surface area contributed by atoms with Gasteiger partial charge in [0.2, 0.25) is 17.7 Å². The molecular weight excluding hydrogens is 770 g/mol. The van der Waals surface area contributed by atoms with Crippen LogP contribution >= 0.6 is 0 Å². The van der Waals surface area contributed by atoms with Gasteiger partial charge in [0.25, 0.3) is 11.8 Å². The fourth-order valence-corrected chi connectivity index (χ4v) is 7.78. The van der Waals surface area contributed by atoms with E-state index in [9.17, 15) is 50.7 Å². The Morgan fingerprint density at radius 2 is 1.74 bits per heavy atom. The number of alkyl halides is 3. The summed E-state index contributed by atoms with van der Waals surface area (Å²) in [4.78, 5) is 63.2. The summed E-state index contributed by atoms with van der Waals surface area (Å²) < 4.78 is 66.0. The maximum atomic E-state index is 13.3. The number of imide groups is 1. The minimum atomic E-state index is -4.89. The van der Waals surface area contributed by atoms with Gasteiger partial charge in [-0.05, 0) is 79.9 Å². The van der Waals surface area contributed by atoms with Gasteiger partial charge in [0, 0.05) is 61.4 Å². The Bertz CT molecular complexity index is 2310. The van der Waals surface area contributed by atoms with Crippen molar-refractivity contribution < 1.29 is 50.7 Å². The Kier molecular flexibility index (Phi) is 12.7. The zero-order valence-corrected chi connectivity index (χ0v) is 31.3. The highest BCUT2D eigenvalue weighted by atomic mass is 32.2. The second kappa shape index (κ2) is 17.3. The number of sulfone groups is 1. The van der Waals surface area contributed by atoms with E-state index in [-0.39, 0.29) is 55.0 Å². The highest BCUT2D eigenvalue weighted by Gasteiger charge is 2.40. The van der Waals surface area contributed by atoms with Crippen molar-refractivity contribution in [1.82, 2.24) is 15.5 Å². The molecule has 0 aromatic heterocycles. The van der Waals surface area contributed by atoms with Crippen molar-refractivity contribution >= 4 is 50.7 Å². The van der Waals surface area contributed by atoms with E-state index in [1.54, 1.807) is 18.2 Å². The molecular formula is C39H37F3N6O8S. The summed E-state index contributed by atoms with van der Waals surface area (Å²) in [7, 11) is -4.27. The third kappa shape index (κ3) is 10.3. The minimum Gasteiger partial charge on any atom is -0.385 e. The van der Waals surface area contributed by atoms with Crippen LogP contribution in [-0.4, -0.2) is 78.4 Å². The lowest BCUT2D eigenvalue weighted by atomic mass is 10.0. The molecule has 5 rings (SSSR count). The number of benzene rings is 3. The molecule has 2 heterocycles. The molecule has 3 aromatic rings. The summed E-state index contributed by atoms with van der Waals surface area (Å²) in [5, 5.41) is 29.8. The van der Waals surface area contributed by atoms with Crippen LogP contribution in [0.1, 0.15) is 71.6 Å². The molecule has 5 amide bonds. The molecule has 1 saturated heterocycles. The Morgan fingerprint density at radius 1 is 1.02 bits per heavy atom. The molecule has 2 unspecified atom stereocenters. The first-order valence-electron chi connectivity index (χ1n) is 17.6. The molecule has 14 nitrogen and oxygen atoms in total. The van der Waals surface area contributed by atoms with E-state index in [0.717, 1.165) is 24.6 Å². The fraction of sp³-hybridized carbons (Fsp3) is 0.333. The van der Waals surface area contributed by atoms with Crippen LogP contribution in [0.3, 0.4) is 0 Å². The topological polar surface area (TPSA) is 215 Å². The van der Waals surface area contributed by atoms with Gasteiger partial charge in [-0.1, -0.05) is 17.9 Å². The van der Waals surface area contributed by atoms with Gasteiger partial charge < -0.3 is 26.0 Å². The quantitative estimate of drug-likeness (QED) is 0.0966. The van der Waals surface area contributed by atoms with Crippen molar-refractivity contribution in [2.75, 3.05) is 29.5 Å². The lowest BCUT2D eigenvalue weighted by Gasteiger charge is -2.29. The first-order chi connectivity index (χ1) is 26.9. The smallest absolute Gasteiger partial charge is 0.385 e. The summed E-state index contributed by atoms with van der Waals surface area (Å²) in [6, 6.07) is 13.6. The monoisotopic (exact) mass is 806 g/mol. The molecule has 57 heavy (non-hydrogen) atoms. The molecule has 0 bridgehead atoms. The van der Waals surface area contributed by atoms with E-state index in [2.05, 4.69) is 33.1 Å². The summed E-state index contributed by atoms with van der Waals surface area (Å²) >= 11 is 0. The lowest BCUT2D eigenvalue weighted by Crippen LogP contribution is -2.52. The zero-order chi connectivity index (χ0) is 41.5. The number of fused-ring (bicyclic) bond motifs is 1. The fourth-order valence-electron chi connectivity index (χ4n) is 6.19. The van der Waals surface area contributed by atoms with Gasteiger partial charge in [-0.15, -0.1) is 0 Å². The second-order valence-corrected chi connectivity index (χ2v) is 15.5. The van der Waals surface area contributed by atoms with Gasteiger partial charge in [0.05, 0.1) is 27.8 Å². The van der Waals surface area contributed by atoms with Crippen LogP contribution < -0.4 is 21.3 Å². The van der Waals surface area contributed by atoms with Crippen LogP contribution in [0.25, 0.3) is 0 Å². The molecule has 0 radical (unpaired) electrons. The molecule has 2 atom stereocenters. The van der Waals surface area contributed by atoms with Crippen LogP contribution in [0, 0.1) is 23.2 Å². The number of unbranched alkanes of at least 4 members (excludes halogenated alkanes) is 1. The molecule has 1 fully saturated rings. The maximum absolute atomic E-state index is 13.3. The number of aliphatic hydroxyl groups is 1. The number of carbonyl (C=O) groups excluding carboxylic acids is 5. The van der Waals surface area contributed by atoms with E-state index in [1.165, 1.54) is 35.2 Å². The standard InChI is InChI=1S/C39H37F3N6O8S/c1-38(54,37(53)46-27-10-9-25(21-43)31(20-27)39(40,41)42)23-57(55,56)28-13-11-26(12-14-28)44-19-17-33(49)45-18-4-2-3-6-24-7-5-8-29-30(24)22-48(36(29)52)32-15-16-34(50)47-35(32)51/h5,7-14,20,32,44,54H,2,4,15-19,22-23H2,1H3,(H,45,49)(H,46,53)(H,47,50,51). The van der Waals surface area contributed by atoms with Crippen LogP contribution in [-0.2, 0) is 41.7 Å². The van der Waals surface area contributed by atoms with Gasteiger partial charge in [-0.2, -0.15) is 18.4 Å². The molecule has 3 aromatic carbocycles. The first-order valence-corrected chi connectivity index (χ1v) is 19.3. The van der Waals surface area contributed by atoms with Gasteiger partial charge in [-0.25, -0.2) is 8.42 Å². The highest BCUT2D eigenvalue weighted by Crippen LogP contribution is 2.34. The Morgan fingerprint density at radius 3 is 2.42 bits per heavy atom. The predicted octanol–water partition coefficient (Wildman–Crippen LogP) is 3.25. The van der Waals surface area contributed by atoms with E-state index in [1.807, 2.05) is 0 Å². The molecule has 18 heteroatoms. The third-order valence-corrected chi connectivity index (χ3v) is 11.1. The SMILES string of the molecule is CC(O)(CS(=O)(=O)c1ccc(NCCC(=O)NCCCC#Cc2cccc3c2CN(C2CCC(=O)NC2=O)C3=O)cc1)C(=O)Nc1ccc(C#N)c(C(F)(F)F)c1. The number of anilines is 2. The number of hydrogen-bond donors (Lipinski definition) is 5. The molecule has 2 aliphatic rings. The van der Waals surface area contributed by atoms with Crippen LogP contribution in [0.15, 0.2) is 65.6 Å². The number of piperidine rings is 1. The normalized spacial score (nSPS) is 16.3. The van der Waals surface area contributed by atoms with Crippen LogP contribution in [0.4, 0.5) is 24.5 Å². The number of nitrogens with zero attached hydrogens (tertiary/aromatic N) is 2. The van der Waals surface area contributed by atoms with Crippen molar-refractivity contribution in [3.05, 3.63) is 88.5 Å². The lowest BCUT2D eigenvalue weighted by molar-refractivity contribution is -0.138. The number of nitriles is 1. The van der Waals surface area contributed by atoms with Crippen LogP contribution in [0.5, 0.6) is 0 Å². The van der Waals surface area contributed by atoms with E-state index < -0.39 is 62.0 Å². The maximum Gasteiger partial charge on any atom is 0.417 e. The van der Waals surface area contributed by atoms with Gasteiger partial charge in [0.15, 0.2) is 15.4 Å². The summed E-state index contributed by atoms with van der Waals surface area (Å²) in [6.45, 7) is 1.69. The summed E-state index contributed by atoms with van der Waals surface area (Å²) in [5.41, 5.74) is -2.58. The Hall–Kier alpha value is -6.24. The number of halogens is 3. The number of nitrogens with one attached hydrogen (secondary N) is 4. The van der Waals surface area contributed by atoms with Crippen molar-refractivity contribution in [1.29, 1.82) is 5.26 Å².